The first-order chi connectivity index (χ1) is 26.3. The van der Waals surface area contributed by atoms with Crippen molar-refractivity contribution >= 4 is 17.9 Å². The van der Waals surface area contributed by atoms with E-state index in [2.05, 4.69) is 5.32 Å². The van der Waals surface area contributed by atoms with E-state index in [1.54, 1.807) is 24.3 Å². The van der Waals surface area contributed by atoms with Gasteiger partial charge in [0.2, 0.25) is 0 Å². The van der Waals surface area contributed by atoms with Gasteiger partial charge in [0.1, 0.15) is 5.60 Å². The van der Waals surface area contributed by atoms with Gasteiger partial charge >= 0.3 is 6.09 Å². The van der Waals surface area contributed by atoms with Crippen molar-refractivity contribution < 1.29 is 71.2 Å². The number of carbonyl (C=O) groups excluding carboxylic acids is 3. The molecule has 0 saturated heterocycles. The minimum atomic E-state index is -0.518. The number of imide groups is 1. The van der Waals surface area contributed by atoms with E-state index < -0.39 is 11.7 Å². The first-order valence-corrected chi connectivity index (χ1v) is 18.6. The number of hydrogen-bond acceptors (Lipinski definition) is 15. The molecule has 310 valence electrons. The maximum absolute atomic E-state index is 12.3. The molecule has 0 aliphatic carbocycles. The summed E-state index contributed by atoms with van der Waals surface area (Å²) < 4.78 is 65.2. The summed E-state index contributed by atoms with van der Waals surface area (Å²) in [5.41, 5.74) is 0.357. The molecule has 1 N–H and O–H groups in total. The van der Waals surface area contributed by atoms with Crippen molar-refractivity contribution in [2.75, 3.05) is 158 Å². The zero-order chi connectivity index (χ0) is 39.0. The molecule has 0 radical (unpaired) electrons. The predicted octanol–water partition coefficient (Wildman–Crippen LogP) is 1.99. The Morgan fingerprint density at radius 3 is 1.06 bits per heavy atom. The lowest BCUT2D eigenvalue weighted by Crippen LogP contribution is -2.34. The van der Waals surface area contributed by atoms with Crippen LogP contribution in [0.4, 0.5) is 4.79 Å². The van der Waals surface area contributed by atoms with Crippen molar-refractivity contribution in [3.8, 4) is 0 Å². The van der Waals surface area contributed by atoms with Gasteiger partial charge in [-0.25, -0.2) is 4.79 Å². The lowest BCUT2D eigenvalue weighted by molar-refractivity contribution is -0.0275. The highest BCUT2D eigenvalue weighted by Crippen LogP contribution is 2.21. The Morgan fingerprint density at radius 1 is 0.481 bits per heavy atom. The number of ether oxygens (including phenoxy) is 12. The Labute approximate surface area is 319 Å². The van der Waals surface area contributed by atoms with Gasteiger partial charge in [-0.1, -0.05) is 12.1 Å². The van der Waals surface area contributed by atoms with Gasteiger partial charge in [-0.3, -0.25) is 14.5 Å². The Balaban J connectivity index is 1.16. The van der Waals surface area contributed by atoms with Crippen molar-refractivity contribution in [2.45, 2.75) is 26.4 Å². The first-order valence-electron chi connectivity index (χ1n) is 18.6. The molecular weight excluding hydrogens is 712 g/mol. The van der Waals surface area contributed by atoms with Crippen LogP contribution in [0.1, 0.15) is 41.5 Å². The summed E-state index contributed by atoms with van der Waals surface area (Å²) >= 11 is 0. The Bertz CT molecular complexity index is 1090. The molecule has 1 aromatic carbocycles. The first kappa shape index (κ1) is 47.3. The molecule has 0 unspecified atom stereocenters. The highest BCUT2D eigenvalue weighted by molar-refractivity contribution is 6.21. The van der Waals surface area contributed by atoms with Crippen molar-refractivity contribution in [2.24, 2.45) is 0 Å². The van der Waals surface area contributed by atoms with E-state index in [4.69, 9.17) is 56.8 Å². The Kier molecular flexibility index (Phi) is 27.5. The average molecular weight is 775 g/mol. The van der Waals surface area contributed by atoms with Gasteiger partial charge in [0, 0.05) is 6.54 Å². The maximum Gasteiger partial charge on any atom is 0.407 e. The molecule has 17 nitrogen and oxygen atoms in total. The fraction of sp³-hybridized carbons (Fsp3) is 0.757. The Hall–Kier alpha value is -2.81. The third kappa shape index (κ3) is 24.6. The summed E-state index contributed by atoms with van der Waals surface area (Å²) in [6, 6.07) is 6.81. The molecule has 3 amide bonds. The van der Waals surface area contributed by atoms with E-state index in [-0.39, 0.29) is 25.0 Å². The minimum absolute atomic E-state index is 0.209. The highest BCUT2D eigenvalue weighted by Gasteiger charge is 2.34. The zero-order valence-corrected chi connectivity index (χ0v) is 32.4. The monoisotopic (exact) mass is 774 g/mol. The quantitative estimate of drug-likeness (QED) is 0.0773. The molecular formula is C37H62N2O15. The lowest BCUT2D eigenvalue weighted by atomic mass is 10.1. The molecule has 1 aromatic rings. The summed E-state index contributed by atoms with van der Waals surface area (Å²) in [7, 11) is 0. The molecule has 54 heavy (non-hydrogen) atoms. The van der Waals surface area contributed by atoms with E-state index in [1.165, 1.54) is 4.90 Å². The zero-order valence-electron chi connectivity index (χ0n) is 32.4. The van der Waals surface area contributed by atoms with Crippen LogP contribution >= 0.6 is 0 Å². The van der Waals surface area contributed by atoms with Crippen molar-refractivity contribution in [3.63, 3.8) is 0 Å². The van der Waals surface area contributed by atoms with Gasteiger partial charge in [0.25, 0.3) is 11.8 Å². The van der Waals surface area contributed by atoms with Crippen LogP contribution in [0.2, 0.25) is 0 Å². The van der Waals surface area contributed by atoms with Crippen LogP contribution in [0.15, 0.2) is 24.3 Å². The normalized spacial score (nSPS) is 12.8. The van der Waals surface area contributed by atoms with Crippen LogP contribution in [0.25, 0.3) is 0 Å². The van der Waals surface area contributed by atoms with Gasteiger partial charge < -0.3 is 62.2 Å². The molecule has 0 atom stereocenters. The summed E-state index contributed by atoms with van der Waals surface area (Å²) in [4.78, 5) is 37.3. The standard InChI is InChI=1S/C37H62N2O15/c1-37(2,3)54-36(42)38-8-10-43-12-14-45-16-18-47-20-22-49-24-26-51-28-30-53-31-29-52-27-25-50-23-21-48-19-17-46-15-13-44-11-9-39-34(40)32-6-4-5-7-33(32)35(39)41/h4-7H,8-31H2,1-3H3,(H,38,42). The van der Waals surface area contributed by atoms with Gasteiger partial charge in [-0.15, -0.1) is 0 Å². The second-order valence-electron chi connectivity index (χ2n) is 12.5. The number of hydrogen-bond donors (Lipinski definition) is 1. The van der Waals surface area contributed by atoms with E-state index in [9.17, 15) is 14.4 Å². The predicted molar refractivity (Wildman–Crippen MR) is 195 cm³/mol. The molecule has 2 rings (SSSR count). The molecule has 1 heterocycles. The topological polar surface area (TPSA) is 177 Å². The highest BCUT2D eigenvalue weighted by atomic mass is 16.6. The molecule has 0 saturated carbocycles. The minimum Gasteiger partial charge on any atom is -0.444 e. The van der Waals surface area contributed by atoms with Gasteiger partial charge in [-0.05, 0) is 32.9 Å². The van der Waals surface area contributed by atoms with Crippen LogP contribution in [-0.2, 0) is 56.8 Å². The molecule has 0 aromatic heterocycles. The SMILES string of the molecule is CC(C)(C)OC(=O)NCCOCCOCCOCCOCCOCCOCCOCCOCCOCCOCCOCCN1C(=O)c2ccccc2C1=O. The molecule has 1 aliphatic rings. The number of amides is 3. The number of nitrogens with one attached hydrogen (secondary N) is 1. The average Bonchev–Trinajstić information content (AvgIpc) is 3.38. The van der Waals surface area contributed by atoms with Crippen molar-refractivity contribution in [3.05, 3.63) is 35.4 Å². The van der Waals surface area contributed by atoms with Gasteiger partial charge in [0.15, 0.2) is 0 Å². The Morgan fingerprint density at radius 2 is 0.759 bits per heavy atom. The summed E-state index contributed by atoms with van der Waals surface area (Å²) in [6.07, 6.45) is -0.458. The largest absolute Gasteiger partial charge is 0.444 e. The fourth-order valence-electron chi connectivity index (χ4n) is 4.44. The van der Waals surface area contributed by atoms with Crippen LogP contribution in [0.5, 0.6) is 0 Å². The third-order valence-corrected chi connectivity index (χ3v) is 6.97. The van der Waals surface area contributed by atoms with E-state index >= 15 is 0 Å². The molecule has 0 bridgehead atoms. The lowest BCUT2D eigenvalue weighted by Gasteiger charge is -2.19. The number of nitrogens with zero attached hydrogens (tertiary/aromatic N) is 1. The van der Waals surface area contributed by atoms with Crippen LogP contribution in [0, 0.1) is 0 Å². The summed E-state index contributed by atoms with van der Waals surface area (Å²) in [5, 5.41) is 2.63. The molecule has 1 aliphatic heterocycles. The summed E-state index contributed by atoms with van der Waals surface area (Å²) in [6.45, 7) is 15.7. The second kappa shape index (κ2) is 31.4. The number of fused-ring (bicyclic) bond motifs is 1. The number of carbonyl (C=O) groups is 3. The van der Waals surface area contributed by atoms with Crippen LogP contribution < -0.4 is 5.32 Å². The fourth-order valence-corrected chi connectivity index (χ4v) is 4.44. The number of rotatable bonds is 36. The van der Waals surface area contributed by atoms with E-state index in [0.717, 1.165) is 0 Å². The van der Waals surface area contributed by atoms with E-state index in [1.807, 2.05) is 20.8 Å². The smallest absolute Gasteiger partial charge is 0.407 e. The second-order valence-corrected chi connectivity index (χ2v) is 12.5. The molecule has 17 heteroatoms. The van der Waals surface area contributed by atoms with Crippen LogP contribution in [0.3, 0.4) is 0 Å². The van der Waals surface area contributed by atoms with Crippen LogP contribution in [-0.4, -0.2) is 187 Å². The molecule has 0 spiro atoms. The maximum atomic E-state index is 12.3. The van der Waals surface area contributed by atoms with Crippen molar-refractivity contribution in [1.29, 1.82) is 0 Å². The van der Waals surface area contributed by atoms with Crippen molar-refractivity contribution in [1.82, 2.24) is 10.2 Å². The third-order valence-electron chi connectivity index (χ3n) is 6.97. The van der Waals surface area contributed by atoms with Gasteiger partial charge in [0.05, 0.1) is 163 Å². The number of benzene rings is 1. The summed E-state index contributed by atoms with van der Waals surface area (Å²) in [5.74, 6) is -0.564. The van der Waals surface area contributed by atoms with E-state index in [0.29, 0.717) is 156 Å². The molecule has 0 fully saturated rings. The number of alkyl carbamates (subject to hydrolysis) is 1. The van der Waals surface area contributed by atoms with Gasteiger partial charge in [-0.2, -0.15) is 0 Å².